The molecular weight excluding hydrogens is 243 g/mol. The summed E-state index contributed by atoms with van der Waals surface area (Å²) >= 11 is 0. The molecule has 1 rings (SSSR count). The standard InChI is InChI=1S/C11H18O5P/c1-11(2,7-14-3)8-16-17(13)10(12)9-5-4-6-15-9/h4-6,10,12H,7-8H2,1-3H3/q+1. The molecule has 0 radical (unpaired) electrons. The average molecular weight is 261 g/mol. The van der Waals surface area contributed by atoms with E-state index in [4.69, 9.17) is 13.7 Å². The van der Waals surface area contributed by atoms with E-state index in [0.29, 0.717) is 6.61 Å². The van der Waals surface area contributed by atoms with Gasteiger partial charge in [0.1, 0.15) is 6.61 Å². The molecule has 0 fully saturated rings. The van der Waals surface area contributed by atoms with Crippen molar-refractivity contribution in [1.29, 1.82) is 0 Å². The second-order valence-electron chi connectivity index (χ2n) is 4.55. The van der Waals surface area contributed by atoms with Crippen molar-refractivity contribution in [3.63, 3.8) is 0 Å². The highest BCUT2D eigenvalue weighted by atomic mass is 31.1. The van der Waals surface area contributed by atoms with Crippen LogP contribution in [-0.2, 0) is 13.8 Å². The molecule has 0 aliphatic heterocycles. The van der Waals surface area contributed by atoms with Gasteiger partial charge in [-0.25, -0.2) is 0 Å². The van der Waals surface area contributed by atoms with Gasteiger partial charge in [-0.1, -0.05) is 13.8 Å². The van der Waals surface area contributed by atoms with Crippen LogP contribution in [0.15, 0.2) is 22.8 Å². The molecule has 5 nitrogen and oxygen atoms in total. The number of rotatable bonds is 7. The summed E-state index contributed by atoms with van der Waals surface area (Å²) in [6.07, 6.45) is 1.41. The Hall–Kier alpha value is -0.740. The molecular formula is C11H18O5P+. The molecule has 0 spiro atoms. The summed E-state index contributed by atoms with van der Waals surface area (Å²) in [5, 5.41) is 9.67. The minimum atomic E-state index is -2.21. The number of furan rings is 1. The van der Waals surface area contributed by atoms with Crippen LogP contribution in [0.4, 0.5) is 0 Å². The molecule has 17 heavy (non-hydrogen) atoms. The Kier molecular flexibility index (Phi) is 5.28. The highest BCUT2D eigenvalue weighted by Crippen LogP contribution is 2.41. The molecule has 6 heteroatoms. The van der Waals surface area contributed by atoms with E-state index < -0.39 is 13.9 Å². The van der Waals surface area contributed by atoms with Gasteiger partial charge < -0.3 is 14.3 Å². The molecule has 0 aliphatic rings. The first kappa shape index (κ1) is 14.3. The number of aliphatic hydroxyl groups is 1. The summed E-state index contributed by atoms with van der Waals surface area (Å²) in [6, 6.07) is 3.18. The lowest BCUT2D eigenvalue weighted by atomic mass is 9.97. The van der Waals surface area contributed by atoms with E-state index in [-0.39, 0.29) is 17.8 Å². The third-order valence-corrected chi connectivity index (χ3v) is 3.15. The Morgan fingerprint density at radius 3 is 2.76 bits per heavy atom. The van der Waals surface area contributed by atoms with E-state index in [0.717, 1.165) is 0 Å². The lowest BCUT2D eigenvalue weighted by Crippen LogP contribution is -2.23. The van der Waals surface area contributed by atoms with E-state index in [1.807, 2.05) is 13.8 Å². The van der Waals surface area contributed by atoms with Crippen LogP contribution < -0.4 is 0 Å². The van der Waals surface area contributed by atoms with E-state index in [2.05, 4.69) is 0 Å². The summed E-state index contributed by atoms with van der Waals surface area (Å²) in [5.41, 5.74) is -0.247. The van der Waals surface area contributed by atoms with Crippen molar-refractivity contribution in [2.24, 2.45) is 5.41 Å². The van der Waals surface area contributed by atoms with Crippen LogP contribution in [-0.4, -0.2) is 25.4 Å². The molecule has 1 heterocycles. The summed E-state index contributed by atoms with van der Waals surface area (Å²) in [5.74, 6) is -0.978. The molecule has 0 aromatic carbocycles. The zero-order valence-electron chi connectivity index (χ0n) is 10.3. The second-order valence-corrected chi connectivity index (χ2v) is 5.86. The lowest BCUT2D eigenvalue weighted by Gasteiger charge is -2.19. The third kappa shape index (κ3) is 4.56. The zero-order chi connectivity index (χ0) is 12.9. The smallest absolute Gasteiger partial charge is 0.462 e. The van der Waals surface area contributed by atoms with Crippen molar-refractivity contribution in [1.82, 2.24) is 0 Å². The fraction of sp³-hybridized carbons (Fsp3) is 0.636. The Bertz CT molecular complexity index is 347. The Morgan fingerprint density at radius 2 is 2.24 bits per heavy atom. The molecule has 0 bridgehead atoms. The second kappa shape index (κ2) is 6.26. The molecule has 2 atom stereocenters. The van der Waals surface area contributed by atoms with Crippen molar-refractivity contribution >= 4 is 8.03 Å². The van der Waals surface area contributed by atoms with Gasteiger partial charge in [0, 0.05) is 12.5 Å². The SMILES string of the molecule is COCC(C)(C)CO[P+](=O)C(O)c1ccco1. The molecule has 0 amide bonds. The largest absolute Gasteiger partial charge is 0.548 e. The number of ether oxygens (including phenoxy) is 1. The van der Waals surface area contributed by atoms with Gasteiger partial charge in [0.2, 0.25) is 0 Å². The number of hydrogen-bond acceptors (Lipinski definition) is 5. The summed E-state index contributed by atoms with van der Waals surface area (Å²) in [7, 11) is -0.614. The Morgan fingerprint density at radius 1 is 1.53 bits per heavy atom. The highest BCUT2D eigenvalue weighted by molar-refractivity contribution is 7.39. The molecule has 1 aromatic rings. The normalized spacial score (nSPS) is 14.7. The molecule has 0 aliphatic carbocycles. The fourth-order valence-electron chi connectivity index (χ4n) is 1.28. The topological polar surface area (TPSA) is 68.9 Å². The fourth-order valence-corrected chi connectivity index (χ4v) is 2.26. The van der Waals surface area contributed by atoms with Gasteiger partial charge >= 0.3 is 13.9 Å². The maximum absolute atomic E-state index is 11.7. The van der Waals surface area contributed by atoms with E-state index >= 15 is 0 Å². The molecule has 0 saturated heterocycles. The van der Waals surface area contributed by atoms with Crippen molar-refractivity contribution in [2.45, 2.75) is 19.7 Å². The van der Waals surface area contributed by atoms with Crippen LogP contribution in [0, 0.1) is 5.41 Å². The molecule has 1 aromatic heterocycles. The van der Waals surface area contributed by atoms with Crippen LogP contribution in [0.1, 0.15) is 25.5 Å². The third-order valence-electron chi connectivity index (χ3n) is 2.11. The molecule has 2 unspecified atom stereocenters. The average Bonchev–Trinajstić information content (AvgIpc) is 2.78. The summed E-state index contributed by atoms with van der Waals surface area (Å²) in [4.78, 5) is 0. The van der Waals surface area contributed by atoms with Gasteiger partial charge in [-0.05, 0) is 16.7 Å². The Balaban J connectivity index is 2.45. The van der Waals surface area contributed by atoms with Gasteiger partial charge in [0.25, 0.3) is 0 Å². The van der Waals surface area contributed by atoms with Crippen LogP contribution >= 0.6 is 8.03 Å². The van der Waals surface area contributed by atoms with Gasteiger partial charge in [0.05, 0.1) is 12.9 Å². The predicted octanol–water partition coefficient (Wildman–Crippen LogP) is 2.70. The Labute approximate surface area is 102 Å². The van der Waals surface area contributed by atoms with Crippen LogP contribution in [0.2, 0.25) is 0 Å². The van der Waals surface area contributed by atoms with Crippen molar-refractivity contribution in [3.05, 3.63) is 24.2 Å². The summed E-state index contributed by atoms with van der Waals surface area (Å²) in [6.45, 7) is 4.60. The van der Waals surface area contributed by atoms with Gasteiger partial charge in [-0.15, -0.1) is 4.52 Å². The maximum atomic E-state index is 11.7. The van der Waals surface area contributed by atoms with Gasteiger partial charge in [-0.3, -0.25) is 0 Å². The molecule has 0 saturated carbocycles. The first-order valence-electron chi connectivity index (χ1n) is 5.26. The lowest BCUT2D eigenvalue weighted by molar-refractivity contribution is 0.0634. The first-order valence-corrected chi connectivity index (χ1v) is 6.50. The van der Waals surface area contributed by atoms with Crippen molar-refractivity contribution in [3.8, 4) is 0 Å². The molecule has 1 N–H and O–H groups in total. The number of methoxy groups -OCH3 is 1. The molecule has 96 valence electrons. The monoisotopic (exact) mass is 261 g/mol. The van der Waals surface area contributed by atoms with E-state index in [9.17, 15) is 9.67 Å². The quantitative estimate of drug-likeness (QED) is 0.764. The zero-order valence-corrected chi connectivity index (χ0v) is 11.1. The summed E-state index contributed by atoms with van der Waals surface area (Å²) < 4.78 is 26.8. The van der Waals surface area contributed by atoms with Crippen LogP contribution in [0.3, 0.4) is 0 Å². The van der Waals surface area contributed by atoms with Gasteiger partial charge in [-0.2, -0.15) is 0 Å². The highest BCUT2D eigenvalue weighted by Gasteiger charge is 2.36. The van der Waals surface area contributed by atoms with Crippen molar-refractivity contribution in [2.75, 3.05) is 20.3 Å². The minimum absolute atomic E-state index is 0.244. The van der Waals surface area contributed by atoms with E-state index in [1.165, 1.54) is 6.26 Å². The first-order chi connectivity index (χ1) is 7.96. The predicted molar refractivity (Wildman–Crippen MR) is 62.9 cm³/mol. The number of hydrogen-bond donors (Lipinski definition) is 1. The van der Waals surface area contributed by atoms with Crippen LogP contribution in [0.5, 0.6) is 0 Å². The van der Waals surface area contributed by atoms with Crippen LogP contribution in [0.25, 0.3) is 0 Å². The van der Waals surface area contributed by atoms with Crippen molar-refractivity contribution < 1.29 is 23.3 Å². The minimum Gasteiger partial charge on any atom is -0.462 e. The maximum Gasteiger partial charge on any atom is 0.548 e. The number of aliphatic hydroxyl groups excluding tert-OH is 1. The van der Waals surface area contributed by atoms with E-state index in [1.54, 1.807) is 19.2 Å². The van der Waals surface area contributed by atoms with Gasteiger partial charge in [0.15, 0.2) is 5.76 Å².